The summed E-state index contributed by atoms with van der Waals surface area (Å²) in [6.07, 6.45) is 3.65. The Kier molecular flexibility index (Phi) is 5.52. The topological polar surface area (TPSA) is 73.6 Å². The van der Waals surface area contributed by atoms with Gasteiger partial charge in [-0.1, -0.05) is 0 Å². The summed E-state index contributed by atoms with van der Waals surface area (Å²) in [5, 5.41) is 12.6. The number of carbonyl (C=O) groups is 1. The maximum absolute atomic E-state index is 10.6. The molecule has 0 bridgehead atoms. The lowest BCUT2D eigenvalue weighted by Gasteiger charge is -2.03. The number of aromatic carboxylic acids is 1. The largest absolute Gasteiger partial charge is 0.478 e. The van der Waals surface area contributed by atoms with Gasteiger partial charge in [-0.15, -0.1) is 0 Å². The molecule has 1 aromatic rings. The number of nitrogens with zero attached hydrogens (tertiary/aromatic N) is 2. The Hall–Kier alpha value is -1.40. The maximum Gasteiger partial charge on any atom is 0.338 e. The van der Waals surface area contributed by atoms with Crippen molar-refractivity contribution in [1.82, 2.24) is 9.78 Å². The molecule has 6 nitrogen and oxygen atoms in total. The van der Waals surface area contributed by atoms with E-state index in [1.165, 1.54) is 12.4 Å². The number of carboxylic acids is 1. The van der Waals surface area contributed by atoms with E-state index >= 15 is 0 Å². The van der Waals surface area contributed by atoms with Gasteiger partial charge in [0.15, 0.2) is 0 Å². The molecule has 1 N–H and O–H groups in total. The number of hydrogen-bond donors (Lipinski definition) is 1. The van der Waals surface area contributed by atoms with E-state index in [1.807, 2.05) is 0 Å². The summed E-state index contributed by atoms with van der Waals surface area (Å²) in [4.78, 5) is 10.6. The molecule has 0 radical (unpaired) electrons. The highest BCUT2D eigenvalue weighted by molar-refractivity contribution is 5.86. The number of methoxy groups -OCH3 is 1. The fourth-order valence-corrected chi connectivity index (χ4v) is 1.17. The van der Waals surface area contributed by atoms with Gasteiger partial charge in [0, 0.05) is 26.5 Å². The number of carboxylic acid groups (broad SMARTS) is 1. The number of ether oxygens (including phenoxy) is 2. The fourth-order valence-electron chi connectivity index (χ4n) is 1.17. The molecule has 90 valence electrons. The highest BCUT2D eigenvalue weighted by Crippen LogP contribution is 1.98. The molecule has 0 aliphatic carbocycles. The molecule has 16 heavy (non-hydrogen) atoms. The van der Waals surface area contributed by atoms with Crippen LogP contribution >= 0.6 is 0 Å². The second kappa shape index (κ2) is 6.97. The Labute approximate surface area is 93.8 Å². The molecule has 0 saturated carbocycles. The van der Waals surface area contributed by atoms with Crippen molar-refractivity contribution in [3.63, 3.8) is 0 Å². The summed E-state index contributed by atoms with van der Waals surface area (Å²) in [5.41, 5.74) is 0.209. The van der Waals surface area contributed by atoms with Gasteiger partial charge in [-0.25, -0.2) is 4.79 Å². The van der Waals surface area contributed by atoms with Crippen LogP contribution in [0.1, 0.15) is 16.8 Å². The van der Waals surface area contributed by atoms with Gasteiger partial charge in [-0.05, 0) is 6.42 Å². The van der Waals surface area contributed by atoms with Crippen LogP contribution < -0.4 is 0 Å². The quantitative estimate of drug-likeness (QED) is 0.661. The molecule has 0 aliphatic rings. The van der Waals surface area contributed by atoms with Crippen LogP contribution in [0, 0.1) is 0 Å². The second-order valence-electron chi connectivity index (χ2n) is 3.26. The van der Waals surface area contributed by atoms with Gasteiger partial charge in [-0.2, -0.15) is 5.10 Å². The zero-order chi connectivity index (χ0) is 11.8. The van der Waals surface area contributed by atoms with Crippen molar-refractivity contribution >= 4 is 5.97 Å². The third-order valence-corrected chi connectivity index (χ3v) is 1.99. The van der Waals surface area contributed by atoms with Crippen molar-refractivity contribution in [2.45, 2.75) is 13.0 Å². The molecule has 0 saturated heterocycles. The first kappa shape index (κ1) is 12.7. The van der Waals surface area contributed by atoms with Crippen molar-refractivity contribution in [2.75, 3.05) is 26.9 Å². The van der Waals surface area contributed by atoms with E-state index in [-0.39, 0.29) is 5.56 Å². The number of aryl methyl sites for hydroxylation is 1. The third kappa shape index (κ3) is 4.41. The first-order chi connectivity index (χ1) is 7.74. The third-order valence-electron chi connectivity index (χ3n) is 1.99. The molecule has 1 aromatic heterocycles. The standard InChI is InChI=1S/C10H16N2O4/c1-15-5-6-16-4-2-3-12-8-9(7-11-12)10(13)14/h7-8H,2-6H2,1H3,(H,13,14). The predicted octanol–water partition coefficient (Wildman–Crippen LogP) is 0.634. The van der Waals surface area contributed by atoms with Crippen molar-refractivity contribution in [3.8, 4) is 0 Å². The van der Waals surface area contributed by atoms with Crippen LogP contribution in [0.15, 0.2) is 12.4 Å². The van der Waals surface area contributed by atoms with Crippen molar-refractivity contribution in [1.29, 1.82) is 0 Å². The van der Waals surface area contributed by atoms with Crippen LogP contribution in [0.2, 0.25) is 0 Å². The molecule has 0 aliphatic heterocycles. The van der Waals surface area contributed by atoms with Crippen LogP contribution in [-0.4, -0.2) is 47.8 Å². The molecular weight excluding hydrogens is 212 g/mol. The smallest absolute Gasteiger partial charge is 0.338 e. The van der Waals surface area contributed by atoms with Gasteiger partial charge in [-0.3, -0.25) is 4.68 Å². The van der Waals surface area contributed by atoms with Crippen molar-refractivity contribution in [3.05, 3.63) is 18.0 Å². The van der Waals surface area contributed by atoms with Crippen LogP contribution in [-0.2, 0) is 16.0 Å². The zero-order valence-electron chi connectivity index (χ0n) is 9.26. The minimum atomic E-state index is -0.956. The van der Waals surface area contributed by atoms with E-state index < -0.39 is 5.97 Å². The molecular formula is C10H16N2O4. The van der Waals surface area contributed by atoms with E-state index in [2.05, 4.69) is 5.10 Å². The monoisotopic (exact) mass is 228 g/mol. The van der Waals surface area contributed by atoms with Crippen molar-refractivity contribution < 1.29 is 19.4 Å². The van der Waals surface area contributed by atoms with Crippen LogP contribution in [0.3, 0.4) is 0 Å². The lowest BCUT2D eigenvalue weighted by Crippen LogP contribution is -2.06. The number of aromatic nitrogens is 2. The predicted molar refractivity (Wildman–Crippen MR) is 56.5 cm³/mol. The average Bonchev–Trinajstić information content (AvgIpc) is 2.72. The first-order valence-corrected chi connectivity index (χ1v) is 5.06. The summed E-state index contributed by atoms with van der Waals surface area (Å²) in [6, 6.07) is 0. The summed E-state index contributed by atoms with van der Waals surface area (Å²) in [7, 11) is 1.63. The highest BCUT2D eigenvalue weighted by atomic mass is 16.5. The van der Waals surface area contributed by atoms with Gasteiger partial charge in [0.1, 0.15) is 0 Å². The molecule has 0 unspecified atom stereocenters. The highest BCUT2D eigenvalue weighted by Gasteiger charge is 2.04. The van der Waals surface area contributed by atoms with Crippen molar-refractivity contribution in [2.24, 2.45) is 0 Å². The first-order valence-electron chi connectivity index (χ1n) is 5.06. The SMILES string of the molecule is COCCOCCCn1cc(C(=O)O)cn1. The fraction of sp³-hybridized carbons (Fsp3) is 0.600. The van der Waals surface area contributed by atoms with E-state index in [4.69, 9.17) is 14.6 Å². The molecule has 0 fully saturated rings. The Balaban J connectivity index is 2.14. The Morgan fingerprint density at radius 2 is 2.31 bits per heavy atom. The van der Waals surface area contributed by atoms with E-state index in [1.54, 1.807) is 11.8 Å². The summed E-state index contributed by atoms with van der Waals surface area (Å²) < 4.78 is 11.7. The summed E-state index contributed by atoms with van der Waals surface area (Å²) in [5.74, 6) is -0.956. The molecule has 0 spiro atoms. The average molecular weight is 228 g/mol. The lowest BCUT2D eigenvalue weighted by molar-refractivity contribution is 0.0676. The maximum atomic E-state index is 10.6. The minimum Gasteiger partial charge on any atom is -0.478 e. The number of rotatable bonds is 8. The normalized spacial score (nSPS) is 10.6. The van der Waals surface area contributed by atoms with E-state index in [0.717, 1.165) is 6.42 Å². The Bertz CT molecular complexity index is 324. The van der Waals surface area contributed by atoms with Crippen LogP contribution in [0.5, 0.6) is 0 Å². The van der Waals surface area contributed by atoms with Gasteiger partial charge in [0.2, 0.25) is 0 Å². The molecule has 1 rings (SSSR count). The Morgan fingerprint density at radius 1 is 1.50 bits per heavy atom. The lowest BCUT2D eigenvalue weighted by atomic mass is 10.4. The molecule has 6 heteroatoms. The Morgan fingerprint density at radius 3 is 2.94 bits per heavy atom. The van der Waals surface area contributed by atoms with Gasteiger partial charge < -0.3 is 14.6 Å². The van der Waals surface area contributed by atoms with Gasteiger partial charge in [0.25, 0.3) is 0 Å². The minimum absolute atomic E-state index is 0.209. The van der Waals surface area contributed by atoms with Gasteiger partial charge in [0.05, 0.1) is 25.0 Å². The van der Waals surface area contributed by atoms with E-state index in [0.29, 0.717) is 26.4 Å². The van der Waals surface area contributed by atoms with Crippen LogP contribution in [0.25, 0.3) is 0 Å². The summed E-state index contributed by atoms with van der Waals surface area (Å²) in [6.45, 7) is 2.44. The molecule has 0 amide bonds. The second-order valence-corrected chi connectivity index (χ2v) is 3.26. The van der Waals surface area contributed by atoms with Gasteiger partial charge >= 0.3 is 5.97 Å². The summed E-state index contributed by atoms with van der Waals surface area (Å²) >= 11 is 0. The molecule has 0 atom stereocenters. The number of hydrogen-bond acceptors (Lipinski definition) is 4. The van der Waals surface area contributed by atoms with Crippen LogP contribution in [0.4, 0.5) is 0 Å². The molecule has 0 aromatic carbocycles. The zero-order valence-corrected chi connectivity index (χ0v) is 9.26. The van der Waals surface area contributed by atoms with E-state index in [9.17, 15) is 4.79 Å². The molecule has 1 heterocycles.